The summed E-state index contributed by atoms with van der Waals surface area (Å²) in [6, 6.07) is 12.1. The summed E-state index contributed by atoms with van der Waals surface area (Å²) in [5, 5.41) is 6.75. The van der Waals surface area contributed by atoms with Crippen molar-refractivity contribution in [3.63, 3.8) is 0 Å². The first-order valence-corrected chi connectivity index (χ1v) is 7.37. The van der Waals surface area contributed by atoms with Crippen molar-refractivity contribution in [1.29, 1.82) is 0 Å². The molecule has 0 radical (unpaired) electrons. The van der Waals surface area contributed by atoms with Gasteiger partial charge < -0.3 is 10.6 Å². The lowest BCUT2D eigenvalue weighted by atomic mass is 10.0. The van der Waals surface area contributed by atoms with Crippen LogP contribution in [-0.2, 0) is 0 Å². The first kappa shape index (κ1) is 15.7. The van der Waals surface area contributed by atoms with Gasteiger partial charge in [0.1, 0.15) is 5.82 Å². The number of rotatable bonds is 3. The smallest absolute Gasteiger partial charge is 0.175 e. The largest absolute Gasteiger partial charge is 0.332 e. The highest BCUT2D eigenvalue weighted by Crippen LogP contribution is 2.23. The van der Waals surface area contributed by atoms with Crippen LogP contribution in [0.3, 0.4) is 0 Å². The number of nitrogens with one attached hydrogen (secondary N) is 2. The Balaban J connectivity index is 2.08. The summed E-state index contributed by atoms with van der Waals surface area (Å²) in [6.45, 7) is 4.25. The summed E-state index contributed by atoms with van der Waals surface area (Å²) < 4.78 is 13.2. The van der Waals surface area contributed by atoms with Crippen LogP contribution in [0.1, 0.15) is 25.3 Å². The van der Waals surface area contributed by atoms with E-state index in [4.69, 9.17) is 23.8 Å². The number of anilines is 2. The molecule has 5 heteroatoms. The van der Waals surface area contributed by atoms with Crippen molar-refractivity contribution in [3.8, 4) is 0 Å². The van der Waals surface area contributed by atoms with Crippen LogP contribution < -0.4 is 10.6 Å². The molecule has 0 saturated carbocycles. The zero-order valence-corrected chi connectivity index (χ0v) is 13.4. The van der Waals surface area contributed by atoms with E-state index < -0.39 is 0 Å². The van der Waals surface area contributed by atoms with Crippen molar-refractivity contribution in [3.05, 3.63) is 58.9 Å². The molecular formula is C16H16ClFN2S. The van der Waals surface area contributed by atoms with Gasteiger partial charge in [-0.2, -0.15) is 0 Å². The maximum absolute atomic E-state index is 13.2. The monoisotopic (exact) mass is 322 g/mol. The maximum Gasteiger partial charge on any atom is 0.175 e. The predicted molar refractivity (Wildman–Crippen MR) is 91.8 cm³/mol. The van der Waals surface area contributed by atoms with Crippen molar-refractivity contribution in [1.82, 2.24) is 0 Å². The first-order chi connectivity index (χ1) is 9.95. The van der Waals surface area contributed by atoms with Crippen molar-refractivity contribution < 1.29 is 4.39 Å². The molecule has 110 valence electrons. The fourth-order valence-electron chi connectivity index (χ4n) is 1.85. The number of benzene rings is 2. The molecule has 0 atom stereocenters. The number of hydrogen-bond acceptors (Lipinski definition) is 1. The molecule has 0 spiro atoms. The van der Waals surface area contributed by atoms with Crippen LogP contribution in [0.4, 0.5) is 15.8 Å². The lowest BCUT2D eigenvalue weighted by Gasteiger charge is -2.13. The summed E-state index contributed by atoms with van der Waals surface area (Å²) in [5.74, 6) is 0.0671. The lowest BCUT2D eigenvalue weighted by molar-refractivity contribution is 0.628. The molecule has 0 aliphatic rings. The third kappa shape index (κ3) is 4.41. The predicted octanol–water partition coefficient (Wildman–Crippen LogP) is 5.41. The molecule has 2 aromatic carbocycles. The van der Waals surface area contributed by atoms with Crippen LogP contribution in [0.5, 0.6) is 0 Å². The Bertz CT molecular complexity index is 658. The summed E-state index contributed by atoms with van der Waals surface area (Å²) in [7, 11) is 0. The van der Waals surface area contributed by atoms with Gasteiger partial charge in [0.15, 0.2) is 5.11 Å². The van der Waals surface area contributed by atoms with E-state index in [1.54, 1.807) is 0 Å². The topological polar surface area (TPSA) is 24.1 Å². The zero-order chi connectivity index (χ0) is 15.4. The van der Waals surface area contributed by atoms with Gasteiger partial charge in [0.25, 0.3) is 0 Å². The van der Waals surface area contributed by atoms with Gasteiger partial charge in [0.05, 0.1) is 10.7 Å². The Morgan fingerprint density at radius 2 is 1.90 bits per heavy atom. The van der Waals surface area contributed by atoms with Gasteiger partial charge in [-0.15, -0.1) is 0 Å². The number of thiocarbonyl (C=S) groups is 1. The van der Waals surface area contributed by atoms with Gasteiger partial charge in [0, 0.05) is 5.69 Å². The molecule has 0 aliphatic heterocycles. The third-order valence-electron chi connectivity index (χ3n) is 2.99. The van der Waals surface area contributed by atoms with Crippen molar-refractivity contribution >= 4 is 40.3 Å². The highest BCUT2D eigenvalue weighted by molar-refractivity contribution is 7.80. The summed E-state index contributed by atoms with van der Waals surface area (Å²) in [5.41, 5.74) is 2.53. The van der Waals surface area contributed by atoms with Crippen molar-refractivity contribution in [2.24, 2.45) is 0 Å². The minimum Gasteiger partial charge on any atom is -0.332 e. The standard InChI is InChI=1S/C16H16ClFN2S/c1-10(2)11-4-3-5-13(8-11)19-16(21)20-15-9-12(18)6-7-14(15)17/h3-10H,1-2H3,(H2,19,20,21). The van der Waals surface area contributed by atoms with E-state index >= 15 is 0 Å². The minimum atomic E-state index is -0.369. The van der Waals surface area contributed by atoms with E-state index in [1.807, 2.05) is 18.2 Å². The average Bonchev–Trinajstić information content (AvgIpc) is 2.43. The minimum absolute atomic E-state index is 0.364. The Labute approximate surface area is 134 Å². The maximum atomic E-state index is 13.2. The second-order valence-electron chi connectivity index (χ2n) is 4.98. The van der Waals surface area contributed by atoms with Crippen LogP contribution in [-0.4, -0.2) is 5.11 Å². The molecule has 0 bridgehead atoms. The molecule has 2 aromatic rings. The van der Waals surface area contributed by atoms with E-state index in [0.29, 0.717) is 21.7 Å². The van der Waals surface area contributed by atoms with Gasteiger partial charge in [0.2, 0.25) is 0 Å². The Hall–Kier alpha value is -1.65. The SMILES string of the molecule is CC(C)c1cccc(NC(=S)Nc2cc(F)ccc2Cl)c1. The Morgan fingerprint density at radius 1 is 1.14 bits per heavy atom. The van der Waals surface area contributed by atoms with E-state index in [2.05, 4.69) is 30.5 Å². The highest BCUT2D eigenvalue weighted by atomic mass is 35.5. The summed E-state index contributed by atoms with van der Waals surface area (Å²) in [6.07, 6.45) is 0. The number of halogens is 2. The zero-order valence-electron chi connectivity index (χ0n) is 11.8. The van der Waals surface area contributed by atoms with Crippen molar-refractivity contribution in [2.75, 3.05) is 10.6 Å². The van der Waals surface area contributed by atoms with Crippen molar-refractivity contribution in [2.45, 2.75) is 19.8 Å². The van der Waals surface area contributed by atoms with Gasteiger partial charge >= 0.3 is 0 Å². The Kier molecular flexibility index (Phi) is 5.15. The molecule has 21 heavy (non-hydrogen) atoms. The normalized spacial score (nSPS) is 10.5. The third-order valence-corrected chi connectivity index (χ3v) is 3.52. The fourth-order valence-corrected chi connectivity index (χ4v) is 2.25. The molecule has 0 aliphatic carbocycles. The average molecular weight is 323 g/mol. The number of hydrogen-bond donors (Lipinski definition) is 2. The van der Waals surface area contributed by atoms with Gasteiger partial charge in [-0.25, -0.2) is 4.39 Å². The quantitative estimate of drug-likeness (QED) is 0.739. The van der Waals surface area contributed by atoms with Crippen LogP contribution in [0.25, 0.3) is 0 Å². The van der Waals surface area contributed by atoms with Crippen LogP contribution in [0.15, 0.2) is 42.5 Å². The van der Waals surface area contributed by atoms with E-state index in [-0.39, 0.29) is 5.82 Å². The lowest BCUT2D eigenvalue weighted by Crippen LogP contribution is -2.19. The Morgan fingerprint density at radius 3 is 2.62 bits per heavy atom. The molecule has 0 amide bonds. The molecular weight excluding hydrogens is 307 g/mol. The van der Waals surface area contributed by atoms with Crippen LogP contribution in [0, 0.1) is 5.82 Å². The van der Waals surface area contributed by atoms with E-state index in [0.717, 1.165) is 5.69 Å². The molecule has 2 nitrogen and oxygen atoms in total. The van der Waals surface area contributed by atoms with Crippen LogP contribution in [0.2, 0.25) is 5.02 Å². The molecule has 0 fully saturated rings. The van der Waals surface area contributed by atoms with E-state index in [1.165, 1.54) is 23.8 Å². The molecule has 0 saturated heterocycles. The first-order valence-electron chi connectivity index (χ1n) is 6.58. The van der Waals surface area contributed by atoms with Crippen LogP contribution >= 0.6 is 23.8 Å². The molecule has 2 N–H and O–H groups in total. The highest BCUT2D eigenvalue weighted by Gasteiger charge is 2.06. The van der Waals surface area contributed by atoms with Gasteiger partial charge in [-0.3, -0.25) is 0 Å². The summed E-state index contributed by atoms with van der Waals surface area (Å²) >= 11 is 11.2. The second-order valence-corrected chi connectivity index (χ2v) is 5.80. The second kappa shape index (κ2) is 6.87. The van der Waals surface area contributed by atoms with E-state index in [9.17, 15) is 4.39 Å². The fraction of sp³-hybridized carbons (Fsp3) is 0.188. The van der Waals surface area contributed by atoms with Gasteiger partial charge in [-0.05, 0) is 54.0 Å². The molecule has 0 aromatic heterocycles. The molecule has 2 rings (SSSR count). The summed E-state index contributed by atoms with van der Waals surface area (Å²) in [4.78, 5) is 0. The van der Waals surface area contributed by atoms with Gasteiger partial charge in [-0.1, -0.05) is 37.6 Å². The molecule has 0 unspecified atom stereocenters. The molecule has 0 heterocycles.